The Hall–Kier alpha value is -1.41. The van der Waals surface area contributed by atoms with Crippen LogP contribution >= 0.6 is 11.3 Å². The van der Waals surface area contributed by atoms with Gasteiger partial charge in [-0.3, -0.25) is 4.79 Å². The number of hydrogen-bond donors (Lipinski definition) is 0. The highest BCUT2D eigenvalue weighted by molar-refractivity contribution is 7.11. The Morgan fingerprint density at radius 1 is 1.36 bits per heavy atom. The summed E-state index contributed by atoms with van der Waals surface area (Å²) in [7, 11) is 0. The van der Waals surface area contributed by atoms with Crippen LogP contribution in [0, 0.1) is 0 Å². The molecule has 2 rings (SSSR count). The van der Waals surface area contributed by atoms with Gasteiger partial charge in [0.25, 0.3) is 0 Å². The first-order valence-corrected chi connectivity index (χ1v) is 5.35. The van der Waals surface area contributed by atoms with Gasteiger partial charge >= 0.3 is 0 Å². The van der Waals surface area contributed by atoms with Crippen LogP contribution < -0.4 is 0 Å². The molecule has 0 aromatic carbocycles. The van der Waals surface area contributed by atoms with E-state index in [-0.39, 0.29) is 0 Å². The zero-order valence-electron chi connectivity index (χ0n) is 7.64. The lowest BCUT2D eigenvalue weighted by molar-refractivity contribution is 0.112. The van der Waals surface area contributed by atoms with Crippen molar-refractivity contribution in [3.8, 4) is 0 Å². The normalized spacial score (nSPS) is 15.0. The third-order valence-electron chi connectivity index (χ3n) is 2.07. The quantitative estimate of drug-likeness (QED) is 0.671. The lowest BCUT2D eigenvalue weighted by Gasteiger charge is -1.95. The first kappa shape index (κ1) is 9.16. The highest BCUT2D eigenvalue weighted by Gasteiger charge is 2.02. The summed E-state index contributed by atoms with van der Waals surface area (Å²) in [6, 6.07) is 1.93. The number of rotatable bonds is 2. The predicted molar refractivity (Wildman–Crippen MR) is 60.6 cm³/mol. The van der Waals surface area contributed by atoms with Gasteiger partial charge < -0.3 is 0 Å². The number of hydrogen-bond acceptors (Lipinski definition) is 2. The number of aldehydes is 1. The first-order valence-electron chi connectivity index (χ1n) is 4.47. The van der Waals surface area contributed by atoms with Crippen LogP contribution in [0.2, 0.25) is 0 Å². The number of carbonyl (C=O) groups excluding carboxylic acids is 1. The minimum atomic E-state index is 0.784. The van der Waals surface area contributed by atoms with E-state index in [2.05, 4.69) is 18.2 Å². The molecular weight excluding hydrogens is 192 g/mol. The third-order valence-corrected chi connectivity index (χ3v) is 2.92. The fourth-order valence-electron chi connectivity index (χ4n) is 1.36. The third kappa shape index (κ3) is 1.91. The standard InChI is InChI=1S/C12H10OS/c13-8-12-7-11(9-14-12)10-5-3-1-2-4-6-10/h1-3,5-9H,4H2. The van der Waals surface area contributed by atoms with Crippen molar-refractivity contribution < 1.29 is 4.79 Å². The van der Waals surface area contributed by atoms with E-state index in [1.54, 1.807) is 0 Å². The van der Waals surface area contributed by atoms with E-state index in [0.29, 0.717) is 0 Å². The van der Waals surface area contributed by atoms with Crippen LogP contribution in [-0.2, 0) is 0 Å². The van der Waals surface area contributed by atoms with Gasteiger partial charge in [-0.2, -0.15) is 0 Å². The van der Waals surface area contributed by atoms with Crippen molar-refractivity contribution in [2.24, 2.45) is 0 Å². The first-order chi connectivity index (χ1) is 6.90. The molecule has 0 saturated heterocycles. The average molecular weight is 202 g/mol. The number of carbonyl (C=O) groups is 1. The maximum Gasteiger partial charge on any atom is 0.160 e. The van der Waals surface area contributed by atoms with Crippen molar-refractivity contribution in [2.75, 3.05) is 0 Å². The van der Waals surface area contributed by atoms with E-state index in [0.717, 1.165) is 23.1 Å². The molecule has 1 heterocycles. The molecule has 14 heavy (non-hydrogen) atoms. The smallest absolute Gasteiger partial charge is 0.160 e. The van der Waals surface area contributed by atoms with Crippen molar-refractivity contribution in [1.29, 1.82) is 0 Å². The van der Waals surface area contributed by atoms with E-state index in [4.69, 9.17) is 0 Å². The molecule has 0 atom stereocenters. The Morgan fingerprint density at radius 3 is 3.07 bits per heavy atom. The van der Waals surface area contributed by atoms with Crippen molar-refractivity contribution >= 4 is 23.2 Å². The summed E-state index contributed by atoms with van der Waals surface area (Å²) in [4.78, 5) is 11.3. The lowest BCUT2D eigenvalue weighted by atomic mass is 10.1. The van der Waals surface area contributed by atoms with E-state index in [1.165, 1.54) is 16.9 Å². The van der Waals surface area contributed by atoms with Crippen molar-refractivity contribution in [1.82, 2.24) is 0 Å². The van der Waals surface area contributed by atoms with Gasteiger partial charge in [0.15, 0.2) is 6.29 Å². The molecule has 0 N–H and O–H groups in total. The van der Waals surface area contributed by atoms with E-state index in [9.17, 15) is 4.79 Å². The molecule has 0 bridgehead atoms. The van der Waals surface area contributed by atoms with Gasteiger partial charge in [0.1, 0.15) is 0 Å². The van der Waals surface area contributed by atoms with Crippen LogP contribution in [0.1, 0.15) is 21.7 Å². The molecule has 1 nitrogen and oxygen atoms in total. The zero-order valence-corrected chi connectivity index (χ0v) is 8.46. The van der Waals surface area contributed by atoms with Gasteiger partial charge in [-0.15, -0.1) is 11.3 Å². The van der Waals surface area contributed by atoms with Crippen molar-refractivity contribution in [2.45, 2.75) is 6.42 Å². The Labute approximate surface area is 87.1 Å². The van der Waals surface area contributed by atoms with Crippen LogP contribution in [0.25, 0.3) is 5.57 Å². The van der Waals surface area contributed by atoms with Crippen molar-refractivity contribution in [3.05, 3.63) is 52.3 Å². The van der Waals surface area contributed by atoms with Gasteiger partial charge in [-0.05, 0) is 29.0 Å². The minimum absolute atomic E-state index is 0.784. The van der Waals surface area contributed by atoms with Gasteiger partial charge in [0.2, 0.25) is 0 Å². The molecule has 1 aliphatic carbocycles. The van der Waals surface area contributed by atoms with Gasteiger partial charge in [-0.25, -0.2) is 0 Å². The molecule has 70 valence electrons. The molecule has 2 heteroatoms. The SMILES string of the molecule is O=Cc1cc(C2=CCC=CC=C2)cs1. The molecule has 1 aromatic rings. The molecular formula is C12H10OS. The Balaban J connectivity index is 2.30. The summed E-state index contributed by atoms with van der Waals surface area (Å²) in [5.41, 5.74) is 2.33. The second-order valence-corrected chi connectivity index (χ2v) is 3.98. The lowest BCUT2D eigenvalue weighted by Crippen LogP contribution is -1.75. The van der Waals surface area contributed by atoms with Crippen LogP contribution in [-0.4, -0.2) is 6.29 Å². The van der Waals surface area contributed by atoms with Crippen LogP contribution in [0.5, 0.6) is 0 Å². The summed E-state index contributed by atoms with van der Waals surface area (Å²) in [6.45, 7) is 0. The van der Waals surface area contributed by atoms with Gasteiger partial charge in [0.05, 0.1) is 4.88 Å². The molecule has 0 fully saturated rings. The van der Waals surface area contributed by atoms with Gasteiger partial charge in [-0.1, -0.05) is 30.4 Å². The molecule has 1 aliphatic rings. The molecule has 0 radical (unpaired) electrons. The summed E-state index contributed by atoms with van der Waals surface area (Å²) >= 11 is 1.49. The fourth-order valence-corrected chi connectivity index (χ4v) is 2.08. The maximum absolute atomic E-state index is 10.5. The monoisotopic (exact) mass is 202 g/mol. The molecule has 0 saturated carbocycles. The zero-order chi connectivity index (χ0) is 9.80. The average Bonchev–Trinajstić information content (AvgIpc) is 2.53. The highest BCUT2D eigenvalue weighted by atomic mass is 32.1. The topological polar surface area (TPSA) is 17.1 Å². The molecule has 0 aliphatic heterocycles. The second-order valence-electron chi connectivity index (χ2n) is 3.04. The van der Waals surface area contributed by atoms with Crippen LogP contribution in [0.3, 0.4) is 0 Å². The Kier molecular flexibility index (Phi) is 2.75. The van der Waals surface area contributed by atoms with E-state index in [1.807, 2.05) is 23.6 Å². The minimum Gasteiger partial charge on any atom is -0.297 e. The fraction of sp³-hybridized carbons (Fsp3) is 0.0833. The molecule has 1 aromatic heterocycles. The molecule has 0 spiro atoms. The van der Waals surface area contributed by atoms with Crippen LogP contribution in [0.15, 0.2) is 41.8 Å². The molecule has 0 amide bonds. The highest BCUT2D eigenvalue weighted by Crippen LogP contribution is 2.23. The summed E-state index contributed by atoms with van der Waals surface area (Å²) in [5, 5.41) is 2.02. The molecule has 0 unspecified atom stereocenters. The second kappa shape index (κ2) is 4.20. The predicted octanol–water partition coefficient (Wildman–Crippen LogP) is 3.46. The van der Waals surface area contributed by atoms with Crippen molar-refractivity contribution in [3.63, 3.8) is 0 Å². The maximum atomic E-state index is 10.5. The number of allylic oxidation sites excluding steroid dienone is 6. The summed E-state index contributed by atoms with van der Waals surface area (Å²) in [6.07, 6.45) is 12.3. The number of thiophene rings is 1. The Morgan fingerprint density at radius 2 is 2.29 bits per heavy atom. The van der Waals surface area contributed by atoms with Gasteiger partial charge in [0, 0.05) is 0 Å². The summed E-state index contributed by atoms with van der Waals surface area (Å²) < 4.78 is 0. The van der Waals surface area contributed by atoms with E-state index < -0.39 is 0 Å². The van der Waals surface area contributed by atoms with E-state index >= 15 is 0 Å². The summed E-state index contributed by atoms with van der Waals surface area (Å²) in [5.74, 6) is 0. The largest absolute Gasteiger partial charge is 0.297 e. The van der Waals surface area contributed by atoms with Crippen LogP contribution in [0.4, 0.5) is 0 Å². The Bertz CT molecular complexity index is 421.